The van der Waals surface area contributed by atoms with Gasteiger partial charge in [-0.1, -0.05) is 0 Å². The van der Waals surface area contributed by atoms with Crippen molar-refractivity contribution in [3.05, 3.63) is 96.1 Å². The fourth-order valence-corrected chi connectivity index (χ4v) is 4.29. The van der Waals surface area contributed by atoms with Crippen LogP contribution in [0.4, 0.5) is 0 Å². The molecule has 0 spiro atoms. The normalized spacial score (nSPS) is 11.2. The first-order valence-corrected chi connectivity index (χ1v) is 11.9. The van der Waals surface area contributed by atoms with Gasteiger partial charge in [0.1, 0.15) is 0 Å². The second kappa shape index (κ2) is 11.3. The summed E-state index contributed by atoms with van der Waals surface area (Å²) in [5, 5.41) is 0. The Morgan fingerprint density at radius 2 is 1.30 bits per heavy atom. The monoisotopic (exact) mass is 519 g/mol. The van der Waals surface area contributed by atoms with Gasteiger partial charge in [-0.25, -0.2) is 0 Å². The minimum absolute atomic E-state index is 0.0823. The summed E-state index contributed by atoms with van der Waals surface area (Å²) in [4.78, 5) is 10.9. The number of hydrogen-bond donors (Lipinski definition) is 0. The molecule has 0 aromatic heterocycles. The predicted molar refractivity (Wildman–Crippen MR) is 109 cm³/mol. The van der Waals surface area contributed by atoms with Crippen LogP contribution in [0.2, 0.25) is 0 Å². The van der Waals surface area contributed by atoms with Crippen molar-refractivity contribution in [2.45, 2.75) is 20.1 Å². The molecule has 3 aromatic carbocycles. The number of rotatable bonds is 10. The van der Waals surface area contributed by atoms with Gasteiger partial charge in [-0.3, -0.25) is 0 Å². The van der Waals surface area contributed by atoms with E-state index in [0.29, 0.717) is 5.75 Å². The Morgan fingerprint density at radius 1 is 0.800 bits per heavy atom. The van der Waals surface area contributed by atoms with E-state index < -0.39 is 7.82 Å². The maximum absolute atomic E-state index is 13.3. The number of phosphoric ester groups is 1. The van der Waals surface area contributed by atoms with Crippen molar-refractivity contribution in [3.8, 4) is 5.75 Å². The first kappa shape index (κ1) is 22.5. The van der Waals surface area contributed by atoms with Gasteiger partial charge in [0.2, 0.25) is 0 Å². The predicted octanol–water partition coefficient (Wildman–Crippen LogP) is 4.79. The summed E-state index contributed by atoms with van der Waals surface area (Å²) in [6.07, 6.45) is 0. The van der Waals surface area contributed by atoms with Gasteiger partial charge in [0, 0.05) is 0 Å². The fourth-order valence-electron chi connectivity index (χ4n) is 2.28. The molecule has 30 heavy (non-hydrogen) atoms. The van der Waals surface area contributed by atoms with E-state index in [1.54, 1.807) is 24.3 Å². The summed E-state index contributed by atoms with van der Waals surface area (Å²) >= 11 is -0.125. The molecule has 0 aliphatic heterocycles. The first-order valence-electron chi connectivity index (χ1n) is 9.04. The third-order valence-corrected chi connectivity index (χ3v) is 6.40. The number of carbonyl (C=O) groups is 1. The summed E-state index contributed by atoms with van der Waals surface area (Å²) in [5.41, 5.74) is 1.70. The van der Waals surface area contributed by atoms with Crippen molar-refractivity contribution < 1.29 is 46.3 Å². The van der Waals surface area contributed by atoms with E-state index in [9.17, 15) is 9.36 Å². The van der Waals surface area contributed by atoms with E-state index in [4.69, 9.17) is 16.8 Å². The molecule has 0 aliphatic rings. The van der Waals surface area contributed by atoms with E-state index in [-0.39, 0.29) is 39.3 Å². The molecule has 0 fully saturated rings. The summed E-state index contributed by atoms with van der Waals surface area (Å²) < 4.78 is 35.9. The minimum atomic E-state index is -3.90. The zero-order chi connectivity index (χ0) is 21.2. The van der Waals surface area contributed by atoms with E-state index >= 15 is 0 Å². The van der Waals surface area contributed by atoms with Gasteiger partial charge in [-0.15, -0.1) is 0 Å². The van der Waals surface area contributed by atoms with Crippen molar-refractivity contribution >= 4 is 17.6 Å². The Balaban J connectivity index is 1.69. The van der Waals surface area contributed by atoms with Gasteiger partial charge in [-0.2, -0.15) is 0 Å². The van der Waals surface area contributed by atoms with Gasteiger partial charge >= 0.3 is 186 Å². The Kier molecular flexibility index (Phi) is 8.46. The number of hydrogen-bond acceptors (Lipinski definition) is 6. The van der Waals surface area contributed by atoms with Crippen molar-refractivity contribution in [2.24, 2.45) is 0 Å². The molecule has 0 saturated heterocycles. The van der Waals surface area contributed by atoms with Crippen LogP contribution >= 0.6 is 7.82 Å². The molecule has 3 aromatic rings. The average Bonchev–Trinajstić information content (AvgIpc) is 2.77. The third-order valence-electron chi connectivity index (χ3n) is 3.66. The molecule has 8 heteroatoms. The van der Waals surface area contributed by atoms with E-state index in [2.05, 4.69) is 0 Å². The maximum atomic E-state index is 13.3. The Labute approximate surface area is 185 Å². The Morgan fingerprint density at radius 3 is 1.77 bits per heavy atom. The molecule has 0 aliphatic carbocycles. The van der Waals surface area contributed by atoms with Crippen molar-refractivity contribution in [1.82, 2.24) is 0 Å². The molecule has 0 unspecified atom stereocenters. The topological polar surface area (TPSA) is 71.1 Å². The van der Waals surface area contributed by atoms with Crippen LogP contribution in [0.1, 0.15) is 18.1 Å². The Hall–Kier alpha value is -2.18. The molecule has 0 atom stereocenters. The molecular formula is C22H21AgO6P. The van der Waals surface area contributed by atoms with Crippen LogP contribution in [0.25, 0.3) is 0 Å². The molecular weight excluding hydrogens is 499 g/mol. The van der Waals surface area contributed by atoms with Crippen molar-refractivity contribution in [1.29, 1.82) is 0 Å². The molecule has 0 bridgehead atoms. The van der Waals surface area contributed by atoms with E-state index in [1.165, 1.54) is 6.92 Å². The zero-order valence-electron chi connectivity index (χ0n) is 16.2. The summed E-state index contributed by atoms with van der Waals surface area (Å²) in [6, 6.07) is 25.5. The van der Waals surface area contributed by atoms with Crippen LogP contribution in [0, 0.1) is 0 Å². The standard InChI is InChI=1S/C20H18O4P.C2H4O2.Ag/c21-25(24-20-14-8-3-9-15-20,22-16-18-10-4-1-5-11-18)23-17-19-12-6-2-7-13-19;1-2(3)4;/h1-2,4-15H,16-17H2;1H3,(H,3,4);/q;;+1/p-1. The second-order valence-electron chi connectivity index (χ2n) is 6.08. The third kappa shape index (κ3) is 7.58. The first-order chi connectivity index (χ1) is 14.5. The molecule has 161 valence electrons. The van der Waals surface area contributed by atoms with Gasteiger partial charge in [0.25, 0.3) is 0 Å². The summed E-state index contributed by atoms with van der Waals surface area (Å²) in [5.74, 6) is -0.0148. The van der Waals surface area contributed by atoms with Crippen molar-refractivity contribution in [2.75, 3.05) is 0 Å². The SMILES string of the molecule is CC(=O)[O][Ag][c]1ccc(OP(=O)(OCc2ccccc2)OCc2ccccc2)cc1. The molecule has 0 heterocycles. The summed E-state index contributed by atoms with van der Waals surface area (Å²) in [7, 11) is -3.90. The van der Waals surface area contributed by atoms with Crippen LogP contribution < -0.4 is 8.31 Å². The molecule has 6 nitrogen and oxygen atoms in total. The van der Waals surface area contributed by atoms with Crippen molar-refractivity contribution in [3.63, 3.8) is 0 Å². The molecule has 0 saturated carbocycles. The Bertz CT molecular complexity index is 932. The number of phosphoric acid groups is 1. The van der Waals surface area contributed by atoms with E-state index in [1.807, 2.05) is 60.7 Å². The van der Waals surface area contributed by atoms with Crippen LogP contribution in [0.15, 0.2) is 84.9 Å². The number of benzene rings is 3. The molecule has 0 N–H and O–H groups in total. The average molecular weight is 520 g/mol. The van der Waals surface area contributed by atoms with Crippen LogP contribution in [-0.2, 0) is 55.0 Å². The van der Waals surface area contributed by atoms with Gasteiger partial charge < -0.3 is 0 Å². The quantitative estimate of drug-likeness (QED) is 0.283. The van der Waals surface area contributed by atoms with Crippen LogP contribution in [0.5, 0.6) is 5.75 Å². The van der Waals surface area contributed by atoms with Crippen LogP contribution in [0.3, 0.4) is 0 Å². The van der Waals surface area contributed by atoms with Gasteiger partial charge in [0.15, 0.2) is 0 Å². The van der Waals surface area contributed by atoms with Gasteiger partial charge in [-0.05, 0) is 0 Å². The zero-order valence-corrected chi connectivity index (χ0v) is 18.6. The molecule has 0 amide bonds. The van der Waals surface area contributed by atoms with E-state index in [0.717, 1.165) is 14.9 Å². The summed E-state index contributed by atoms with van der Waals surface area (Å²) in [6.45, 7) is 1.52. The van der Waals surface area contributed by atoms with Gasteiger partial charge in [0.05, 0.1) is 0 Å². The second-order valence-corrected chi connectivity index (χ2v) is 9.14. The molecule has 0 radical (unpaired) electrons. The fraction of sp³-hybridized carbons (Fsp3) is 0.136. The number of carbonyl (C=O) groups excluding carboxylic acids is 1. The van der Waals surface area contributed by atoms with Crippen LogP contribution in [-0.4, -0.2) is 5.97 Å². The molecule has 3 rings (SSSR count).